The number of anilines is 1. The Balaban J connectivity index is 1.70. The van der Waals surface area contributed by atoms with Crippen molar-refractivity contribution < 1.29 is 9.32 Å². The van der Waals surface area contributed by atoms with E-state index in [1.165, 1.54) is 12.8 Å². The Morgan fingerprint density at radius 2 is 2.48 bits per heavy atom. The lowest BCUT2D eigenvalue weighted by atomic mass is 9.99. The first-order valence-electron chi connectivity index (χ1n) is 7.83. The first-order valence-corrected chi connectivity index (χ1v) is 7.83. The monoisotopic (exact) mass is 294 g/mol. The fourth-order valence-electron chi connectivity index (χ4n) is 2.71. The van der Waals surface area contributed by atoms with Crippen molar-refractivity contribution in [2.75, 3.05) is 38.0 Å². The summed E-state index contributed by atoms with van der Waals surface area (Å²) in [6.07, 6.45) is 3.03. The van der Waals surface area contributed by atoms with Crippen LogP contribution in [-0.4, -0.2) is 48.7 Å². The third kappa shape index (κ3) is 5.47. The fraction of sp³-hybridized carbons (Fsp3) is 0.733. The van der Waals surface area contributed by atoms with Crippen LogP contribution in [0.5, 0.6) is 0 Å². The average molecular weight is 294 g/mol. The zero-order valence-corrected chi connectivity index (χ0v) is 13.0. The van der Waals surface area contributed by atoms with Gasteiger partial charge in [0.25, 0.3) is 0 Å². The van der Waals surface area contributed by atoms with Crippen LogP contribution in [0.4, 0.5) is 5.82 Å². The largest absolute Gasteiger partial charge is 0.360 e. The highest BCUT2D eigenvalue weighted by Crippen LogP contribution is 2.12. The van der Waals surface area contributed by atoms with Gasteiger partial charge in [0.15, 0.2) is 5.82 Å². The third-order valence-electron chi connectivity index (χ3n) is 3.91. The Hall–Kier alpha value is -1.40. The number of piperidine rings is 1. The second-order valence-corrected chi connectivity index (χ2v) is 5.73. The van der Waals surface area contributed by atoms with Crippen LogP contribution < -0.4 is 10.6 Å². The van der Waals surface area contributed by atoms with Gasteiger partial charge in [-0.25, -0.2) is 0 Å². The second kappa shape index (κ2) is 8.14. The first-order chi connectivity index (χ1) is 10.2. The van der Waals surface area contributed by atoms with Gasteiger partial charge in [0.05, 0.1) is 0 Å². The van der Waals surface area contributed by atoms with Crippen molar-refractivity contribution >= 4 is 11.7 Å². The van der Waals surface area contributed by atoms with Crippen LogP contribution >= 0.6 is 0 Å². The highest BCUT2D eigenvalue weighted by molar-refractivity contribution is 5.89. The van der Waals surface area contributed by atoms with Gasteiger partial charge in [-0.05, 0) is 45.3 Å². The minimum Gasteiger partial charge on any atom is -0.360 e. The summed E-state index contributed by atoms with van der Waals surface area (Å²) in [6.45, 7) is 9.03. The molecule has 0 bridgehead atoms. The summed E-state index contributed by atoms with van der Waals surface area (Å²) in [4.78, 5) is 14.3. The number of carbonyl (C=O) groups excluding carboxylic acids is 1. The molecule has 6 nitrogen and oxygen atoms in total. The number of aromatic nitrogens is 1. The van der Waals surface area contributed by atoms with Gasteiger partial charge < -0.3 is 20.1 Å². The molecule has 1 unspecified atom stereocenters. The smallest absolute Gasteiger partial charge is 0.226 e. The Kier molecular flexibility index (Phi) is 6.20. The number of carbonyl (C=O) groups is 1. The predicted octanol–water partition coefficient (Wildman–Crippen LogP) is 1.63. The molecule has 1 amide bonds. The standard InChI is InChI=1S/C15H26N4O2/c1-3-19(11-13-5-4-7-16-10-13)8-6-15(20)17-14-9-12(2)21-18-14/h9,13,16H,3-8,10-11H2,1-2H3,(H,17,18,20). The Morgan fingerprint density at radius 3 is 3.10 bits per heavy atom. The molecule has 1 aliphatic heterocycles. The summed E-state index contributed by atoms with van der Waals surface area (Å²) in [5, 5.41) is 9.97. The van der Waals surface area contributed by atoms with E-state index in [4.69, 9.17) is 4.52 Å². The van der Waals surface area contributed by atoms with E-state index in [2.05, 4.69) is 27.6 Å². The zero-order chi connectivity index (χ0) is 15.1. The maximum atomic E-state index is 11.9. The zero-order valence-electron chi connectivity index (χ0n) is 13.0. The predicted molar refractivity (Wildman–Crippen MR) is 82.2 cm³/mol. The lowest BCUT2D eigenvalue weighted by molar-refractivity contribution is -0.116. The normalized spacial score (nSPS) is 18.9. The quantitative estimate of drug-likeness (QED) is 0.800. The van der Waals surface area contributed by atoms with E-state index in [1.54, 1.807) is 13.0 Å². The Labute approximate surface area is 126 Å². The van der Waals surface area contributed by atoms with E-state index in [0.29, 0.717) is 23.9 Å². The van der Waals surface area contributed by atoms with Gasteiger partial charge >= 0.3 is 0 Å². The molecule has 1 aromatic rings. The highest BCUT2D eigenvalue weighted by Gasteiger charge is 2.17. The van der Waals surface area contributed by atoms with Crippen LogP contribution in [0.3, 0.4) is 0 Å². The van der Waals surface area contributed by atoms with Gasteiger partial charge in [-0.2, -0.15) is 0 Å². The molecule has 0 spiro atoms. The molecule has 6 heteroatoms. The Morgan fingerprint density at radius 1 is 1.62 bits per heavy atom. The molecule has 1 fully saturated rings. The number of amides is 1. The SMILES string of the molecule is CCN(CCC(=O)Nc1cc(C)on1)CC1CCCNC1. The Bertz CT molecular complexity index is 441. The summed E-state index contributed by atoms with van der Waals surface area (Å²) >= 11 is 0. The van der Waals surface area contributed by atoms with Gasteiger partial charge in [0, 0.05) is 25.6 Å². The van der Waals surface area contributed by atoms with Gasteiger partial charge in [0.1, 0.15) is 5.76 Å². The van der Waals surface area contributed by atoms with Crippen molar-refractivity contribution in [3.63, 3.8) is 0 Å². The number of hydrogen-bond donors (Lipinski definition) is 2. The second-order valence-electron chi connectivity index (χ2n) is 5.73. The van der Waals surface area contributed by atoms with Crippen molar-refractivity contribution in [2.45, 2.75) is 33.1 Å². The van der Waals surface area contributed by atoms with Crippen molar-refractivity contribution in [3.8, 4) is 0 Å². The molecule has 2 N–H and O–H groups in total. The lowest BCUT2D eigenvalue weighted by Gasteiger charge is -2.29. The molecule has 1 atom stereocenters. The summed E-state index contributed by atoms with van der Waals surface area (Å²) < 4.78 is 4.93. The molecule has 1 saturated heterocycles. The lowest BCUT2D eigenvalue weighted by Crippen LogP contribution is -2.39. The van der Waals surface area contributed by atoms with Gasteiger partial charge in [-0.1, -0.05) is 12.1 Å². The maximum Gasteiger partial charge on any atom is 0.226 e. The van der Waals surface area contributed by atoms with Gasteiger partial charge in [0.2, 0.25) is 5.91 Å². The topological polar surface area (TPSA) is 70.4 Å². The molecule has 0 saturated carbocycles. The van der Waals surface area contributed by atoms with Crippen LogP contribution in [0.25, 0.3) is 0 Å². The average Bonchev–Trinajstić information content (AvgIpc) is 2.89. The van der Waals surface area contributed by atoms with Crippen molar-refractivity contribution in [3.05, 3.63) is 11.8 Å². The molecule has 0 aliphatic carbocycles. The van der Waals surface area contributed by atoms with E-state index >= 15 is 0 Å². The molecule has 2 heterocycles. The molecule has 0 aromatic carbocycles. The van der Waals surface area contributed by atoms with Crippen molar-refractivity contribution in [1.82, 2.24) is 15.4 Å². The minimum atomic E-state index is -0.0106. The molecule has 21 heavy (non-hydrogen) atoms. The minimum absolute atomic E-state index is 0.0106. The van der Waals surface area contributed by atoms with E-state index in [1.807, 2.05) is 0 Å². The van der Waals surface area contributed by atoms with E-state index in [-0.39, 0.29) is 5.91 Å². The van der Waals surface area contributed by atoms with Crippen molar-refractivity contribution in [2.24, 2.45) is 5.92 Å². The van der Waals surface area contributed by atoms with Crippen LogP contribution in [0.1, 0.15) is 31.9 Å². The molecule has 1 aromatic heterocycles. The number of rotatable bonds is 7. The van der Waals surface area contributed by atoms with Crippen LogP contribution in [0, 0.1) is 12.8 Å². The summed E-state index contributed by atoms with van der Waals surface area (Å²) in [5.41, 5.74) is 0. The fourth-order valence-corrected chi connectivity index (χ4v) is 2.71. The molecular weight excluding hydrogens is 268 g/mol. The van der Waals surface area contributed by atoms with Gasteiger partial charge in [-0.3, -0.25) is 4.79 Å². The van der Waals surface area contributed by atoms with E-state index < -0.39 is 0 Å². The maximum absolute atomic E-state index is 11.9. The molecule has 0 radical (unpaired) electrons. The summed E-state index contributed by atoms with van der Waals surface area (Å²) in [7, 11) is 0. The van der Waals surface area contributed by atoms with Crippen LogP contribution in [0.2, 0.25) is 0 Å². The molecular formula is C15H26N4O2. The number of aryl methyl sites for hydroxylation is 1. The first kappa shape index (κ1) is 16.0. The van der Waals surface area contributed by atoms with Crippen LogP contribution in [-0.2, 0) is 4.79 Å². The molecule has 118 valence electrons. The number of hydrogen-bond acceptors (Lipinski definition) is 5. The number of nitrogens with one attached hydrogen (secondary N) is 2. The van der Waals surface area contributed by atoms with Crippen LogP contribution in [0.15, 0.2) is 10.6 Å². The summed E-state index contributed by atoms with van der Waals surface area (Å²) in [6, 6.07) is 1.73. The third-order valence-corrected chi connectivity index (χ3v) is 3.91. The molecule has 1 aliphatic rings. The van der Waals surface area contributed by atoms with E-state index in [0.717, 1.165) is 32.7 Å². The van der Waals surface area contributed by atoms with Crippen molar-refractivity contribution in [1.29, 1.82) is 0 Å². The number of nitrogens with zero attached hydrogens (tertiary/aromatic N) is 2. The van der Waals surface area contributed by atoms with Gasteiger partial charge in [-0.15, -0.1) is 0 Å². The summed E-state index contributed by atoms with van der Waals surface area (Å²) in [5.74, 6) is 1.89. The van der Waals surface area contributed by atoms with E-state index in [9.17, 15) is 4.79 Å². The molecule has 2 rings (SSSR count). The highest BCUT2D eigenvalue weighted by atomic mass is 16.5.